The summed E-state index contributed by atoms with van der Waals surface area (Å²) in [6, 6.07) is 6.93. The Morgan fingerprint density at radius 2 is 1.47 bits per heavy atom. The second kappa shape index (κ2) is 4.38. The van der Waals surface area contributed by atoms with Crippen LogP contribution in [0.25, 0.3) is 0 Å². The van der Waals surface area contributed by atoms with E-state index in [4.69, 9.17) is 0 Å². The average Bonchev–Trinajstić information content (AvgIpc) is 2.49. The molecular formula is C12H13NO2S2. The van der Waals surface area contributed by atoms with E-state index in [9.17, 15) is 9.59 Å². The summed E-state index contributed by atoms with van der Waals surface area (Å²) >= 11 is 0. The lowest BCUT2D eigenvalue weighted by Gasteiger charge is -2.19. The molecule has 0 aromatic heterocycles. The SMILES string of the molecule is CC(C)(C)SSN1C(=O)c2ccccc2C1=O. The Balaban J connectivity index is 2.19. The first kappa shape index (κ1) is 12.5. The standard InChI is InChI=1S/C12H13NO2S2/c1-12(2,3)16-17-13-10(14)8-6-4-5-7-9(8)11(13)15/h4-7H,1-3H3. The van der Waals surface area contributed by atoms with Crippen LogP contribution in [0.2, 0.25) is 0 Å². The predicted octanol–water partition coefficient (Wildman–Crippen LogP) is 3.38. The lowest BCUT2D eigenvalue weighted by molar-refractivity contribution is 0.0779. The van der Waals surface area contributed by atoms with Crippen LogP contribution in [-0.2, 0) is 0 Å². The van der Waals surface area contributed by atoms with Gasteiger partial charge in [-0.2, -0.15) is 0 Å². The van der Waals surface area contributed by atoms with E-state index in [-0.39, 0.29) is 16.6 Å². The molecule has 17 heavy (non-hydrogen) atoms. The van der Waals surface area contributed by atoms with Crippen LogP contribution in [0, 0.1) is 0 Å². The highest BCUT2D eigenvalue weighted by molar-refractivity contribution is 8.76. The fourth-order valence-corrected chi connectivity index (χ4v) is 3.31. The number of hydrogen-bond donors (Lipinski definition) is 0. The van der Waals surface area contributed by atoms with Crippen molar-refractivity contribution in [3.63, 3.8) is 0 Å². The molecule has 0 fully saturated rings. The molecule has 0 aliphatic carbocycles. The van der Waals surface area contributed by atoms with Crippen LogP contribution in [0.5, 0.6) is 0 Å². The lowest BCUT2D eigenvalue weighted by Crippen LogP contribution is -2.22. The third kappa shape index (κ3) is 2.50. The summed E-state index contributed by atoms with van der Waals surface area (Å²) in [6.45, 7) is 6.13. The molecule has 0 radical (unpaired) electrons. The van der Waals surface area contributed by atoms with Gasteiger partial charge in [-0.1, -0.05) is 43.7 Å². The molecule has 0 bridgehead atoms. The number of imide groups is 1. The van der Waals surface area contributed by atoms with Gasteiger partial charge in [0.2, 0.25) is 0 Å². The number of carbonyl (C=O) groups excluding carboxylic acids is 2. The van der Waals surface area contributed by atoms with Crippen LogP contribution in [0.1, 0.15) is 41.5 Å². The number of benzene rings is 1. The minimum Gasteiger partial charge on any atom is -0.268 e. The first-order valence-corrected chi connectivity index (χ1v) is 7.34. The number of rotatable bonds is 2. The topological polar surface area (TPSA) is 37.4 Å². The monoisotopic (exact) mass is 267 g/mol. The summed E-state index contributed by atoms with van der Waals surface area (Å²) in [7, 11) is 2.72. The fraction of sp³-hybridized carbons (Fsp3) is 0.333. The maximum absolute atomic E-state index is 12.0. The largest absolute Gasteiger partial charge is 0.272 e. The molecule has 1 aromatic carbocycles. The van der Waals surface area contributed by atoms with Crippen molar-refractivity contribution in [2.75, 3.05) is 0 Å². The van der Waals surface area contributed by atoms with Gasteiger partial charge in [-0.15, -0.1) is 0 Å². The summed E-state index contributed by atoms with van der Waals surface area (Å²) in [5, 5.41) is 0. The zero-order valence-corrected chi connectivity index (χ0v) is 11.5. The van der Waals surface area contributed by atoms with Gasteiger partial charge >= 0.3 is 0 Å². The van der Waals surface area contributed by atoms with Crippen molar-refractivity contribution in [2.45, 2.75) is 25.5 Å². The van der Waals surface area contributed by atoms with Gasteiger partial charge in [0.25, 0.3) is 11.8 Å². The third-order valence-electron chi connectivity index (χ3n) is 2.12. The number of hydrogen-bond acceptors (Lipinski definition) is 4. The molecule has 2 amide bonds. The van der Waals surface area contributed by atoms with E-state index >= 15 is 0 Å². The number of amides is 2. The molecule has 2 rings (SSSR count). The van der Waals surface area contributed by atoms with Crippen LogP contribution in [0.4, 0.5) is 0 Å². The van der Waals surface area contributed by atoms with E-state index in [0.717, 1.165) is 0 Å². The molecule has 3 nitrogen and oxygen atoms in total. The Morgan fingerprint density at radius 3 is 1.88 bits per heavy atom. The zero-order chi connectivity index (χ0) is 12.6. The predicted molar refractivity (Wildman–Crippen MR) is 71.9 cm³/mol. The molecule has 1 aromatic rings. The number of nitrogens with zero attached hydrogens (tertiary/aromatic N) is 1. The van der Waals surface area contributed by atoms with Crippen LogP contribution in [0.3, 0.4) is 0 Å². The Kier molecular flexibility index (Phi) is 3.23. The van der Waals surface area contributed by atoms with Gasteiger partial charge in [-0.3, -0.25) is 9.59 Å². The van der Waals surface area contributed by atoms with Crippen molar-refractivity contribution in [1.29, 1.82) is 0 Å². The second-order valence-electron chi connectivity index (χ2n) is 4.72. The fourth-order valence-electron chi connectivity index (χ4n) is 1.38. The van der Waals surface area contributed by atoms with Crippen LogP contribution >= 0.6 is 21.8 Å². The highest BCUT2D eigenvalue weighted by atomic mass is 33.1. The molecule has 0 N–H and O–H groups in total. The van der Waals surface area contributed by atoms with E-state index in [1.807, 2.05) is 20.8 Å². The Hall–Kier alpha value is -0.940. The minimum atomic E-state index is -0.215. The van der Waals surface area contributed by atoms with Crippen molar-refractivity contribution in [3.05, 3.63) is 35.4 Å². The quantitative estimate of drug-likeness (QED) is 0.468. The second-order valence-corrected chi connectivity index (χ2v) is 7.57. The summed E-state index contributed by atoms with van der Waals surface area (Å²) in [5.74, 6) is -0.431. The molecule has 0 saturated heterocycles. The van der Waals surface area contributed by atoms with Crippen molar-refractivity contribution in [1.82, 2.24) is 4.31 Å². The van der Waals surface area contributed by atoms with Gasteiger partial charge < -0.3 is 0 Å². The smallest absolute Gasteiger partial charge is 0.268 e. The molecule has 5 heteroatoms. The summed E-state index contributed by atoms with van der Waals surface area (Å²) in [4.78, 5) is 24.0. The van der Waals surface area contributed by atoms with Crippen molar-refractivity contribution in [3.8, 4) is 0 Å². The van der Waals surface area contributed by atoms with Crippen molar-refractivity contribution >= 4 is 33.6 Å². The summed E-state index contributed by atoms with van der Waals surface area (Å²) in [6.07, 6.45) is 0. The molecule has 0 unspecified atom stereocenters. The van der Waals surface area contributed by atoms with Gasteiger partial charge in [-0.25, -0.2) is 4.31 Å². The van der Waals surface area contributed by atoms with Gasteiger partial charge in [0, 0.05) is 15.7 Å². The van der Waals surface area contributed by atoms with Crippen LogP contribution in [0.15, 0.2) is 24.3 Å². The lowest BCUT2D eigenvalue weighted by atomic mass is 10.1. The van der Waals surface area contributed by atoms with Gasteiger partial charge in [0.1, 0.15) is 0 Å². The highest BCUT2D eigenvalue weighted by Gasteiger charge is 2.36. The first-order valence-electron chi connectivity index (χ1n) is 5.24. The normalized spacial score (nSPS) is 15.4. The van der Waals surface area contributed by atoms with E-state index in [2.05, 4.69) is 0 Å². The molecule has 0 spiro atoms. The van der Waals surface area contributed by atoms with E-state index < -0.39 is 0 Å². The molecule has 1 aliphatic heterocycles. The Morgan fingerprint density at radius 1 is 1.00 bits per heavy atom. The first-order chi connectivity index (χ1) is 7.90. The van der Waals surface area contributed by atoms with E-state index in [0.29, 0.717) is 11.1 Å². The van der Waals surface area contributed by atoms with Crippen LogP contribution < -0.4 is 0 Å². The molecule has 1 aliphatic rings. The third-order valence-corrected chi connectivity index (χ3v) is 5.34. The molecular weight excluding hydrogens is 254 g/mol. The number of carbonyl (C=O) groups is 2. The van der Waals surface area contributed by atoms with Gasteiger partial charge in [0.05, 0.1) is 11.1 Å². The average molecular weight is 267 g/mol. The maximum atomic E-state index is 12.0. The van der Waals surface area contributed by atoms with E-state index in [1.54, 1.807) is 24.3 Å². The highest BCUT2D eigenvalue weighted by Crippen LogP contribution is 2.41. The van der Waals surface area contributed by atoms with Gasteiger partial charge in [0.15, 0.2) is 0 Å². The molecule has 0 saturated carbocycles. The molecule has 90 valence electrons. The van der Waals surface area contributed by atoms with Crippen LogP contribution in [-0.4, -0.2) is 20.9 Å². The Labute approximate surface area is 108 Å². The Bertz CT molecular complexity index is 445. The molecule has 1 heterocycles. The molecule has 0 atom stereocenters. The summed E-state index contributed by atoms with van der Waals surface area (Å²) < 4.78 is 1.24. The minimum absolute atomic E-state index is 0.00000118. The summed E-state index contributed by atoms with van der Waals surface area (Å²) in [5.41, 5.74) is 0.999. The maximum Gasteiger partial charge on any atom is 0.272 e. The number of fused-ring (bicyclic) bond motifs is 1. The zero-order valence-electron chi connectivity index (χ0n) is 9.89. The van der Waals surface area contributed by atoms with Gasteiger partial charge in [-0.05, 0) is 12.1 Å². The van der Waals surface area contributed by atoms with E-state index in [1.165, 1.54) is 26.1 Å². The van der Waals surface area contributed by atoms with Crippen molar-refractivity contribution < 1.29 is 9.59 Å². The van der Waals surface area contributed by atoms with Crippen molar-refractivity contribution in [2.24, 2.45) is 0 Å².